The SMILES string of the molecule is O=C(NC(=C(Cl)Cl)P(=O)(c1ccccc1)c1ccccc1)c1ccc(Cl)cc1. The summed E-state index contributed by atoms with van der Waals surface area (Å²) in [6, 6.07) is 23.9. The lowest BCUT2D eigenvalue weighted by molar-refractivity contribution is 0.0968. The fraction of sp³-hybridized carbons (Fsp3) is 0. The molecule has 3 aromatic carbocycles. The Kier molecular flexibility index (Phi) is 6.64. The molecule has 0 aliphatic heterocycles. The van der Waals surface area contributed by atoms with Crippen LogP contribution >= 0.6 is 41.9 Å². The van der Waals surface area contributed by atoms with Crippen molar-refractivity contribution in [2.75, 3.05) is 0 Å². The van der Waals surface area contributed by atoms with Crippen LogP contribution in [0.3, 0.4) is 0 Å². The summed E-state index contributed by atoms with van der Waals surface area (Å²) in [4.78, 5) is 12.8. The third kappa shape index (κ3) is 4.34. The largest absolute Gasteiger partial charge is 0.317 e. The van der Waals surface area contributed by atoms with Gasteiger partial charge in [-0.1, -0.05) is 95.5 Å². The lowest BCUT2D eigenvalue weighted by atomic mass is 10.2. The highest BCUT2D eigenvalue weighted by Gasteiger charge is 2.35. The Balaban J connectivity index is 2.11. The van der Waals surface area contributed by atoms with E-state index >= 15 is 0 Å². The summed E-state index contributed by atoms with van der Waals surface area (Å²) < 4.78 is 14.1. The van der Waals surface area contributed by atoms with Crippen LogP contribution in [0.15, 0.2) is 94.9 Å². The van der Waals surface area contributed by atoms with Gasteiger partial charge in [-0.2, -0.15) is 0 Å². The van der Waals surface area contributed by atoms with Gasteiger partial charge in [-0.05, 0) is 24.3 Å². The van der Waals surface area contributed by atoms with E-state index in [4.69, 9.17) is 34.8 Å². The van der Waals surface area contributed by atoms with Crippen LogP contribution in [0.25, 0.3) is 0 Å². The summed E-state index contributed by atoms with van der Waals surface area (Å²) >= 11 is 18.1. The molecule has 3 nitrogen and oxygen atoms in total. The molecule has 0 atom stereocenters. The molecule has 0 fully saturated rings. The average molecular weight is 451 g/mol. The zero-order valence-corrected chi connectivity index (χ0v) is 17.6. The zero-order chi connectivity index (χ0) is 20.1. The van der Waals surface area contributed by atoms with Gasteiger partial charge in [0.05, 0.1) is 0 Å². The van der Waals surface area contributed by atoms with Crippen LogP contribution in [0.5, 0.6) is 0 Å². The van der Waals surface area contributed by atoms with Crippen LogP contribution in [0.1, 0.15) is 10.4 Å². The van der Waals surface area contributed by atoms with Crippen molar-refractivity contribution < 1.29 is 9.36 Å². The van der Waals surface area contributed by atoms with Gasteiger partial charge < -0.3 is 9.88 Å². The molecule has 0 aliphatic carbocycles. The van der Waals surface area contributed by atoms with E-state index in [1.54, 1.807) is 72.8 Å². The molecule has 3 rings (SSSR count). The van der Waals surface area contributed by atoms with Crippen LogP contribution in [-0.4, -0.2) is 5.91 Å². The van der Waals surface area contributed by atoms with Crippen molar-refractivity contribution in [3.63, 3.8) is 0 Å². The Labute approximate surface area is 178 Å². The zero-order valence-electron chi connectivity index (χ0n) is 14.5. The highest BCUT2D eigenvalue weighted by Crippen LogP contribution is 2.52. The van der Waals surface area contributed by atoms with E-state index < -0.39 is 13.0 Å². The fourth-order valence-electron chi connectivity index (χ4n) is 2.71. The number of hydrogen-bond donors (Lipinski definition) is 1. The smallest absolute Gasteiger partial charge is 0.255 e. The lowest BCUT2D eigenvalue weighted by Crippen LogP contribution is -2.29. The Morgan fingerprint density at radius 3 is 1.64 bits per heavy atom. The average Bonchev–Trinajstić information content (AvgIpc) is 2.73. The number of hydrogen-bond acceptors (Lipinski definition) is 2. The molecule has 142 valence electrons. The Morgan fingerprint density at radius 2 is 1.21 bits per heavy atom. The predicted molar refractivity (Wildman–Crippen MR) is 117 cm³/mol. The second-order valence-electron chi connectivity index (χ2n) is 5.85. The summed E-state index contributed by atoms with van der Waals surface area (Å²) in [7, 11) is -3.52. The van der Waals surface area contributed by atoms with Crippen molar-refractivity contribution in [2.24, 2.45) is 0 Å². The molecular weight excluding hydrogens is 436 g/mol. The van der Waals surface area contributed by atoms with Crippen LogP contribution in [0.4, 0.5) is 0 Å². The van der Waals surface area contributed by atoms with Crippen LogP contribution in [-0.2, 0) is 4.57 Å². The van der Waals surface area contributed by atoms with E-state index in [1.807, 2.05) is 12.1 Å². The van der Waals surface area contributed by atoms with Gasteiger partial charge in [-0.3, -0.25) is 4.79 Å². The van der Waals surface area contributed by atoms with Gasteiger partial charge in [0.1, 0.15) is 9.93 Å². The van der Waals surface area contributed by atoms with Crippen molar-refractivity contribution in [3.8, 4) is 0 Å². The topological polar surface area (TPSA) is 46.2 Å². The number of nitrogens with one attached hydrogen (secondary N) is 1. The summed E-state index contributed by atoms with van der Waals surface area (Å²) in [5.74, 6) is -0.488. The first-order chi connectivity index (χ1) is 13.4. The number of amides is 1. The minimum atomic E-state index is -3.52. The van der Waals surface area contributed by atoms with Gasteiger partial charge in [-0.25, -0.2) is 0 Å². The van der Waals surface area contributed by atoms with E-state index in [0.29, 0.717) is 21.2 Å². The number of halogens is 3. The molecule has 28 heavy (non-hydrogen) atoms. The summed E-state index contributed by atoms with van der Waals surface area (Å²) in [5, 5.41) is 4.17. The van der Waals surface area contributed by atoms with Gasteiger partial charge in [0.25, 0.3) is 5.91 Å². The number of rotatable bonds is 5. The van der Waals surface area contributed by atoms with Crippen LogP contribution < -0.4 is 15.9 Å². The van der Waals surface area contributed by atoms with Gasteiger partial charge >= 0.3 is 0 Å². The summed E-state index contributed by atoms with van der Waals surface area (Å²) in [5.41, 5.74) is 0.303. The first kappa shape index (κ1) is 20.7. The number of benzene rings is 3. The van der Waals surface area contributed by atoms with Gasteiger partial charge in [0.2, 0.25) is 0 Å². The second kappa shape index (κ2) is 8.98. The molecule has 0 saturated heterocycles. The van der Waals surface area contributed by atoms with Crippen molar-refractivity contribution in [3.05, 3.63) is 105 Å². The monoisotopic (exact) mass is 449 g/mol. The predicted octanol–water partition coefficient (Wildman–Crippen LogP) is 5.69. The molecule has 0 bridgehead atoms. The van der Waals surface area contributed by atoms with Crippen molar-refractivity contribution >= 4 is 58.5 Å². The first-order valence-electron chi connectivity index (χ1n) is 8.27. The summed E-state index contributed by atoms with van der Waals surface area (Å²) in [6.45, 7) is 0. The molecule has 3 aromatic rings. The second-order valence-corrected chi connectivity index (χ2v) is 9.93. The fourth-order valence-corrected chi connectivity index (χ4v) is 6.14. The highest BCUT2D eigenvalue weighted by atomic mass is 35.5. The number of carbonyl (C=O) groups excluding carboxylic acids is 1. The number of carbonyl (C=O) groups is 1. The van der Waals surface area contributed by atoms with Crippen molar-refractivity contribution in [1.29, 1.82) is 0 Å². The maximum Gasteiger partial charge on any atom is 0.255 e. The third-order valence-corrected chi connectivity index (χ3v) is 7.98. The van der Waals surface area contributed by atoms with Crippen molar-refractivity contribution in [2.45, 2.75) is 0 Å². The molecule has 0 saturated carbocycles. The molecule has 0 heterocycles. The lowest BCUT2D eigenvalue weighted by Gasteiger charge is -2.23. The quantitative estimate of drug-likeness (QED) is 0.508. The minimum absolute atomic E-state index is 0.0341. The molecule has 7 heteroatoms. The standard InChI is InChI=1S/C21H15Cl3NO2P/c22-16-13-11-15(12-14-16)20(26)25-21(19(23)24)28(27,17-7-3-1-4-8-17)18-9-5-2-6-10-18/h1-14H,(H,25,26). The van der Waals surface area contributed by atoms with E-state index in [1.165, 1.54) is 0 Å². The molecule has 0 aliphatic rings. The van der Waals surface area contributed by atoms with Gasteiger partial charge in [0, 0.05) is 21.2 Å². The molecule has 1 N–H and O–H groups in total. The highest BCUT2D eigenvalue weighted by molar-refractivity contribution is 7.82. The maximum absolute atomic E-state index is 14.3. The normalized spacial score (nSPS) is 11.0. The van der Waals surface area contributed by atoms with Gasteiger partial charge in [0.15, 0.2) is 7.14 Å². The van der Waals surface area contributed by atoms with Crippen LogP contribution in [0.2, 0.25) is 5.02 Å². The van der Waals surface area contributed by atoms with E-state index in [9.17, 15) is 9.36 Å². The van der Waals surface area contributed by atoms with E-state index in [0.717, 1.165) is 0 Å². The van der Waals surface area contributed by atoms with Gasteiger partial charge in [-0.15, -0.1) is 0 Å². The molecular formula is C21H15Cl3NO2P. The van der Waals surface area contributed by atoms with E-state index in [2.05, 4.69) is 5.32 Å². The van der Waals surface area contributed by atoms with E-state index in [-0.39, 0.29) is 9.93 Å². The Bertz CT molecular complexity index is 1000. The molecule has 0 aromatic heterocycles. The Morgan fingerprint density at radius 1 is 0.750 bits per heavy atom. The first-order valence-corrected chi connectivity index (χ1v) is 11.1. The van der Waals surface area contributed by atoms with Crippen molar-refractivity contribution in [1.82, 2.24) is 5.32 Å². The molecule has 0 spiro atoms. The van der Waals surface area contributed by atoms with Crippen LogP contribution in [0, 0.1) is 0 Å². The third-order valence-electron chi connectivity index (χ3n) is 4.07. The maximum atomic E-state index is 14.3. The molecule has 1 amide bonds. The minimum Gasteiger partial charge on any atom is -0.317 e. The summed E-state index contributed by atoms with van der Waals surface area (Å²) in [6.07, 6.45) is 0. The Hall–Kier alpha value is -2.03. The molecule has 0 radical (unpaired) electrons. The molecule has 0 unspecified atom stereocenters.